The second-order valence-corrected chi connectivity index (χ2v) is 6.27. The Bertz CT molecular complexity index is 412. The van der Waals surface area contributed by atoms with Crippen molar-refractivity contribution in [2.24, 2.45) is 29.1 Å². The van der Waals surface area contributed by atoms with Crippen LogP contribution in [0, 0.1) is 29.1 Å². The van der Waals surface area contributed by atoms with Crippen LogP contribution in [0.1, 0.15) is 20.3 Å². The molecular formula is C14H20O5. The summed E-state index contributed by atoms with van der Waals surface area (Å²) < 4.78 is 5.22. The number of esters is 1. The number of ether oxygens (including phenoxy) is 1. The van der Waals surface area contributed by atoms with Crippen molar-refractivity contribution >= 4 is 11.9 Å². The van der Waals surface area contributed by atoms with Crippen molar-refractivity contribution in [3.8, 4) is 0 Å². The van der Waals surface area contributed by atoms with E-state index in [9.17, 15) is 14.7 Å². The predicted octanol–water partition coefficient (Wildman–Crippen LogP) is 1.07. The lowest BCUT2D eigenvalue weighted by Gasteiger charge is -2.26. The maximum absolute atomic E-state index is 12.1. The van der Waals surface area contributed by atoms with Gasteiger partial charge in [0.25, 0.3) is 0 Å². The third-order valence-electron chi connectivity index (χ3n) is 4.05. The van der Waals surface area contributed by atoms with Crippen molar-refractivity contribution in [3.05, 3.63) is 12.2 Å². The Balaban J connectivity index is 2.02. The summed E-state index contributed by atoms with van der Waals surface area (Å²) in [5.41, 5.74) is -0.498. The van der Waals surface area contributed by atoms with Gasteiger partial charge in [-0.25, -0.2) is 0 Å². The fraction of sp³-hybridized carbons (Fsp3) is 0.714. The minimum absolute atomic E-state index is 0.0177. The highest BCUT2D eigenvalue weighted by atomic mass is 16.5. The summed E-state index contributed by atoms with van der Waals surface area (Å²) in [5.74, 6) is -2.70. The number of hydrogen-bond donors (Lipinski definition) is 2. The number of fused-ring (bicyclic) bond motifs is 2. The molecule has 0 amide bonds. The van der Waals surface area contributed by atoms with Gasteiger partial charge in [0.1, 0.15) is 0 Å². The van der Waals surface area contributed by atoms with Crippen LogP contribution in [0.3, 0.4) is 0 Å². The first-order valence-corrected chi connectivity index (χ1v) is 6.54. The van der Waals surface area contributed by atoms with Gasteiger partial charge in [-0.15, -0.1) is 0 Å². The van der Waals surface area contributed by atoms with Gasteiger partial charge in [-0.1, -0.05) is 26.0 Å². The van der Waals surface area contributed by atoms with E-state index in [1.165, 1.54) is 0 Å². The van der Waals surface area contributed by atoms with Crippen LogP contribution in [-0.4, -0.2) is 35.4 Å². The van der Waals surface area contributed by atoms with Gasteiger partial charge < -0.3 is 14.9 Å². The van der Waals surface area contributed by atoms with Crippen molar-refractivity contribution in [2.75, 3.05) is 13.2 Å². The zero-order valence-electron chi connectivity index (χ0n) is 11.2. The Kier molecular flexibility index (Phi) is 3.67. The van der Waals surface area contributed by atoms with Crippen LogP contribution < -0.4 is 0 Å². The first-order valence-electron chi connectivity index (χ1n) is 6.54. The summed E-state index contributed by atoms with van der Waals surface area (Å²) in [6.07, 6.45) is 4.54. The van der Waals surface area contributed by atoms with Crippen molar-refractivity contribution in [3.63, 3.8) is 0 Å². The highest BCUT2D eigenvalue weighted by Gasteiger charge is 2.52. The molecule has 4 atom stereocenters. The summed E-state index contributed by atoms with van der Waals surface area (Å²) in [4.78, 5) is 23.4. The molecule has 0 aromatic rings. The molecule has 1 fully saturated rings. The van der Waals surface area contributed by atoms with Crippen molar-refractivity contribution in [1.82, 2.24) is 0 Å². The number of aliphatic carboxylic acids is 1. The largest absolute Gasteiger partial charge is 0.481 e. The Hall–Kier alpha value is -1.36. The summed E-state index contributed by atoms with van der Waals surface area (Å²) in [6, 6.07) is 0. The number of carboxylic acids is 1. The first-order chi connectivity index (χ1) is 8.85. The molecule has 0 aromatic carbocycles. The molecule has 0 saturated heterocycles. The fourth-order valence-corrected chi connectivity index (χ4v) is 2.89. The van der Waals surface area contributed by atoms with Crippen molar-refractivity contribution in [1.29, 1.82) is 0 Å². The molecule has 0 aromatic heterocycles. The van der Waals surface area contributed by atoms with Crippen molar-refractivity contribution < 1.29 is 24.5 Å². The quantitative estimate of drug-likeness (QED) is 0.575. The normalized spacial score (nSPS) is 32.6. The average molecular weight is 268 g/mol. The minimum atomic E-state index is -0.930. The molecule has 0 heterocycles. The topological polar surface area (TPSA) is 83.8 Å². The molecule has 0 aliphatic heterocycles. The molecule has 106 valence electrons. The van der Waals surface area contributed by atoms with Crippen molar-refractivity contribution in [2.45, 2.75) is 20.3 Å². The number of aliphatic hydroxyl groups is 1. The third kappa shape index (κ3) is 2.66. The molecule has 1 saturated carbocycles. The number of carboxylic acid groups (broad SMARTS) is 1. The van der Waals surface area contributed by atoms with E-state index in [0.29, 0.717) is 0 Å². The van der Waals surface area contributed by atoms with E-state index >= 15 is 0 Å². The standard InChI is InChI=1S/C14H20O5/c1-14(2,6-15)7-19-13(18)11-9-4-3-8(5-9)10(11)12(16)17/h3-4,8-11,15H,5-7H2,1-2H3,(H,16,17). The zero-order valence-corrected chi connectivity index (χ0v) is 11.2. The van der Waals surface area contributed by atoms with Crippen LogP contribution in [0.4, 0.5) is 0 Å². The van der Waals surface area contributed by atoms with Gasteiger partial charge in [-0.3, -0.25) is 9.59 Å². The van der Waals surface area contributed by atoms with E-state index in [0.717, 1.165) is 6.42 Å². The van der Waals surface area contributed by atoms with Crippen LogP contribution in [-0.2, 0) is 14.3 Å². The molecule has 0 radical (unpaired) electrons. The Morgan fingerprint density at radius 2 is 1.84 bits per heavy atom. The maximum atomic E-state index is 12.1. The zero-order chi connectivity index (χ0) is 14.2. The third-order valence-corrected chi connectivity index (χ3v) is 4.05. The molecule has 2 bridgehead atoms. The molecular weight excluding hydrogens is 248 g/mol. The van der Waals surface area contributed by atoms with E-state index < -0.39 is 29.2 Å². The second-order valence-electron chi connectivity index (χ2n) is 6.27. The Labute approximate surface area is 112 Å². The van der Waals surface area contributed by atoms with Crippen LogP contribution >= 0.6 is 0 Å². The molecule has 19 heavy (non-hydrogen) atoms. The van der Waals surface area contributed by atoms with Gasteiger partial charge in [0.05, 0.1) is 25.0 Å². The van der Waals surface area contributed by atoms with Gasteiger partial charge in [-0.05, 0) is 18.3 Å². The van der Waals surface area contributed by atoms with E-state index in [2.05, 4.69) is 0 Å². The number of carbonyl (C=O) groups is 2. The molecule has 2 aliphatic rings. The summed E-state index contributed by atoms with van der Waals surface area (Å²) >= 11 is 0. The second kappa shape index (κ2) is 4.96. The average Bonchev–Trinajstić information content (AvgIpc) is 2.95. The van der Waals surface area contributed by atoms with Gasteiger partial charge >= 0.3 is 11.9 Å². The molecule has 5 heteroatoms. The highest BCUT2D eigenvalue weighted by Crippen LogP contribution is 2.48. The molecule has 4 unspecified atom stereocenters. The summed E-state index contributed by atoms with van der Waals surface area (Å²) in [6.45, 7) is 3.59. The minimum Gasteiger partial charge on any atom is -0.481 e. The summed E-state index contributed by atoms with van der Waals surface area (Å²) in [5, 5.41) is 18.4. The molecule has 0 spiro atoms. The lowest BCUT2D eigenvalue weighted by molar-refractivity contribution is -0.161. The smallest absolute Gasteiger partial charge is 0.310 e. The van der Waals surface area contributed by atoms with Crippen LogP contribution in [0.15, 0.2) is 12.2 Å². The summed E-state index contributed by atoms with van der Waals surface area (Å²) in [7, 11) is 0. The van der Waals surface area contributed by atoms with Crippen LogP contribution in [0.2, 0.25) is 0 Å². The monoisotopic (exact) mass is 268 g/mol. The molecule has 2 rings (SSSR count). The Morgan fingerprint density at radius 3 is 2.37 bits per heavy atom. The number of hydrogen-bond acceptors (Lipinski definition) is 4. The van der Waals surface area contributed by atoms with Gasteiger partial charge in [-0.2, -0.15) is 0 Å². The van der Waals surface area contributed by atoms with Crippen LogP contribution in [0.5, 0.6) is 0 Å². The number of aliphatic hydroxyl groups excluding tert-OH is 1. The molecule has 5 nitrogen and oxygen atoms in total. The van der Waals surface area contributed by atoms with E-state index in [-0.39, 0.29) is 25.0 Å². The molecule has 2 N–H and O–H groups in total. The first kappa shape index (κ1) is 14.1. The molecule has 2 aliphatic carbocycles. The van der Waals surface area contributed by atoms with Gasteiger partial charge in [0.2, 0.25) is 0 Å². The lowest BCUT2D eigenvalue weighted by Crippen LogP contribution is -2.36. The Morgan fingerprint density at radius 1 is 1.26 bits per heavy atom. The number of carbonyl (C=O) groups excluding carboxylic acids is 1. The lowest BCUT2D eigenvalue weighted by atomic mass is 9.83. The predicted molar refractivity (Wildman–Crippen MR) is 67.2 cm³/mol. The fourth-order valence-electron chi connectivity index (χ4n) is 2.89. The van der Waals surface area contributed by atoms with Gasteiger partial charge in [0, 0.05) is 5.41 Å². The highest BCUT2D eigenvalue weighted by molar-refractivity contribution is 5.83. The van der Waals surface area contributed by atoms with Crippen LogP contribution in [0.25, 0.3) is 0 Å². The maximum Gasteiger partial charge on any atom is 0.310 e. The number of allylic oxidation sites excluding steroid dienone is 2. The van der Waals surface area contributed by atoms with E-state index in [1.807, 2.05) is 12.2 Å². The van der Waals surface area contributed by atoms with E-state index in [4.69, 9.17) is 9.84 Å². The SMILES string of the molecule is CC(C)(CO)COC(=O)C1C2C=CC(C2)C1C(=O)O. The number of rotatable bonds is 5. The van der Waals surface area contributed by atoms with Gasteiger partial charge in [0.15, 0.2) is 0 Å². The van der Waals surface area contributed by atoms with E-state index in [1.54, 1.807) is 13.8 Å².